The smallest absolute Gasteiger partial charge is 0.227 e. The van der Waals surface area contributed by atoms with E-state index < -0.39 is 0 Å². The summed E-state index contributed by atoms with van der Waals surface area (Å²) in [4.78, 5) is 13.8. The molecule has 0 saturated heterocycles. The molecule has 0 atom stereocenters. The molecule has 0 unspecified atom stereocenters. The lowest BCUT2D eigenvalue weighted by molar-refractivity contribution is -0.132. The molecule has 1 aromatic rings. The number of benzene rings is 1. The van der Waals surface area contributed by atoms with Crippen LogP contribution >= 0.6 is 0 Å². The number of nitrogens with zero attached hydrogens (tertiary/aromatic N) is 1. The van der Waals surface area contributed by atoms with Crippen LogP contribution in [-0.2, 0) is 17.8 Å². The second-order valence-corrected chi connectivity index (χ2v) is 4.20. The molecule has 0 radical (unpaired) electrons. The molecule has 1 fully saturated rings. The lowest BCUT2D eigenvalue weighted by Crippen LogP contribution is -2.37. The molecule has 1 aliphatic heterocycles. The zero-order chi connectivity index (χ0) is 9.54. The molecule has 2 heteroatoms. The lowest BCUT2D eigenvalue weighted by atomic mass is 9.99. The van der Waals surface area contributed by atoms with Gasteiger partial charge in [0, 0.05) is 12.6 Å². The van der Waals surface area contributed by atoms with Crippen molar-refractivity contribution in [3.8, 4) is 0 Å². The molecular formula is C12H13NO. The minimum atomic E-state index is 0.311. The van der Waals surface area contributed by atoms with Gasteiger partial charge in [0.05, 0.1) is 6.42 Å². The molecule has 1 aromatic carbocycles. The molecule has 0 N–H and O–H groups in total. The number of amides is 1. The van der Waals surface area contributed by atoms with Gasteiger partial charge in [-0.15, -0.1) is 0 Å². The van der Waals surface area contributed by atoms with E-state index in [1.807, 2.05) is 11.0 Å². The van der Waals surface area contributed by atoms with Gasteiger partial charge in [0.2, 0.25) is 5.91 Å². The van der Waals surface area contributed by atoms with Crippen molar-refractivity contribution >= 4 is 5.91 Å². The van der Waals surface area contributed by atoms with Gasteiger partial charge in [0.25, 0.3) is 0 Å². The van der Waals surface area contributed by atoms with Crippen molar-refractivity contribution in [1.82, 2.24) is 4.90 Å². The highest BCUT2D eigenvalue weighted by molar-refractivity contribution is 5.81. The molecule has 1 amide bonds. The quantitative estimate of drug-likeness (QED) is 0.655. The fraction of sp³-hybridized carbons (Fsp3) is 0.417. The third-order valence-electron chi connectivity index (χ3n) is 3.11. The van der Waals surface area contributed by atoms with Crippen LogP contribution < -0.4 is 0 Å². The highest BCUT2D eigenvalue weighted by Crippen LogP contribution is 2.31. The second kappa shape index (κ2) is 2.84. The molecule has 0 aromatic heterocycles. The fourth-order valence-electron chi connectivity index (χ4n) is 2.14. The first-order valence-electron chi connectivity index (χ1n) is 5.21. The van der Waals surface area contributed by atoms with Crippen LogP contribution in [-0.4, -0.2) is 16.8 Å². The molecule has 0 spiro atoms. The summed E-state index contributed by atoms with van der Waals surface area (Å²) in [5.74, 6) is 0.311. The van der Waals surface area contributed by atoms with Gasteiger partial charge in [-0.3, -0.25) is 4.79 Å². The SMILES string of the molecule is O=C1Cc2ccccc2CN1C1CC1. The first-order chi connectivity index (χ1) is 6.84. The van der Waals surface area contributed by atoms with Gasteiger partial charge in [-0.2, -0.15) is 0 Å². The van der Waals surface area contributed by atoms with Gasteiger partial charge < -0.3 is 4.90 Å². The minimum Gasteiger partial charge on any atom is -0.335 e. The topological polar surface area (TPSA) is 20.3 Å². The van der Waals surface area contributed by atoms with Crippen molar-refractivity contribution in [1.29, 1.82) is 0 Å². The molecule has 72 valence electrons. The van der Waals surface area contributed by atoms with Crippen LogP contribution in [0.5, 0.6) is 0 Å². The number of hydrogen-bond acceptors (Lipinski definition) is 1. The van der Waals surface area contributed by atoms with Crippen molar-refractivity contribution in [3.05, 3.63) is 35.4 Å². The molecule has 14 heavy (non-hydrogen) atoms. The van der Waals surface area contributed by atoms with E-state index in [1.54, 1.807) is 0 Å². The summed E-state index contributed by atoms with van der Waals surface area (Å²) in [5, 5.41) is 0. The zero-order valence-electron chi connectivity index (χ0n) is 8.07. The predicted octanol–water partition coefficient (Wildman–Crippen LogP) is 1.73. The zero-order valence-corrected chi connectivity index (χ0v) is 8.07. The Hall–Kier alpha value is -1.31. The maximum absolute atomic E-state index is 11.8. The summed E-state index contributed by atoms with van der Waals surface area (Å²) in [5.41, 5.74) is 2.55. The van der Waals surface area contributed by atoms with Crippen molar-refractivity contribution < 1.29 is 4.79 Å². The van der Waals surface area contributed by atoms with Crippen LogP contribution in [0.1, 0.15) is 24.0 Å². The Morgan fingerprint density at radius 3 is 2.57 bits per heavy atom. The summed E-state index contributed by atoms with van der Waals surface area (Å²) in [6, 6.07) is 8.82. The van der Waals surface area contributed by atoms with Gasteiger partial charge in [-0.1, -0.05) is 24.3 Å². The van der Waals surface area contributed by atoms with E-state index in [9.17, 15) is 4.79 Å². The average molecular weight is 187 g/mol. The monoisotopic (exact) mass is 187 g/mol. The van der Waals surface area contributed by atoms with Crippen LogP contribution in [0, 0.1) is 0 Å². The third-order valence-corrected chi connectivity index (χ3v) is 3.11. The van der Waals surface area contributed by atoms with Crippen molar-refractivity contribution in [2.45, 2.75) is 31.8 Å². The van der Waals surface area contributed by atoms with Crippen LogP contribution in [0.2, 0.25) is 0 Å². The number of hydrogen-bond donors (Lipinski definition) is 0. The third kappa shape index (κ3) is 1.22. The number of fused-ring (bicyclic) bond motifs is 1. The van der Waals surface area contributed by atoms with E-state index in [2.05, 4.69) is 18.2 Å². The molecule has 0 bridgehead atoms. The Morgan fingerprint density at radius 1 is 1.14 bits per heavy atom. The van der Waals surface area contributed by atoms with Gasteiger partial charge in [0.15, 0.2) is 0 Å². The van der Waals surface area contributed by atoms with Gasteiger partial charge in [-0.05, 0) is 24.0 Å². The largest absolute Gasteiger partial charge is 0.335 e. The highest BCUT2D eigenvalue weighted by Gasteiger charge is 2.34. The number of carbonyl (C=O) groups excluding carboxylic acids is 1. The van der Waals surface area contributed by atoms with Crippen LogP contribution in [0.3, 0.4) is 0 Å². The maximum Gasteiger partial charge on any atom is 0.227 e. The summed E-state index contributed by atoms with van der Waals surface area (Å²) < 4.78 is 0. The molecule has 1 saturated carbocycles. The summed E-state index contributed by atoms with van der Waals surface area (Å²) >= 11 is 0. The van der Waals surface area contributed by atoms with E-state index >= 15 is 0 Å². The second-order valence-electron chi connectivity index (χ2n) is 4.20. The first-order valence-corrected chi connectivity index (χ1v) is 5.21. The van der Waals surface area contributed by atoms with E-state index in [0.717, 1.165) is 6.54 Å². The van der Waals surface area contributed by atoms with E-state index in [-0.39, 0.29) is 0 Å². The standard InChI is InChI=1S/C12H13NO/c14-12-7-9-3-1-2-4-10(9)8-13(12)11-5-6-11/h1-4,11H,5-8H2. The number of rotatable bonds is 1. The van der Waals surface area contributed by atoms with Crippen molar-refractivity contribution in [2.24, 2.45) is 0 Å². The molecule has 3 rings (SSSR count). The maximum atomic E-state index is 11.8. The molecule has 2 nitrogen and oxygen atoms in total. The van der Waals surface area contributed by atoms with Gasteiger partial charge in [-0.25, -0.2) is 0 Å². The Labute approximate surface area is 83.5 Å². The highest BCUT2D eigenvalue weighted by atomic mass is 16.2. The normalized spacial score (nSPS) is 20.9. The number of carbonyl (C=O) groups is 1. The summed E-state index contributed by atoms with van der Waals surface area (Å²) in [6.07, 6.45) is 3.01. The van der Waals surface area contributed by atoms with Crippen LogP contribution in [0.15, 0.2) is 24.3 Å². The molecular weight excluding hydrogens is 174 g/mol. The first kappa shape index (κ1) is 8.04. The minimum absolute atomic E-state index is 0.311. The molecule has 1 aliphatic carbocycles. The average Bonchev–Trinajstić information content (AvgIpc) is 3.00. The molecule has 2 aliphatic rings. The lowest BCUT2D eigenvalue weighted by Gasteiger charge is -2.28. The van der Waals surface area contributed by atoms with Crippen molar-refractivity contribution in [3.63, 3.8) is 0 Å². The van der Waals surface area contributed by atoms with E-state index in [1.165, 1.54) is 24.0 Å². The summed E-state index contributed by atoms with van der Waals surface area (Å²) in [6.45, 7) is 0.833. The van der Waals surface area contributed by atoms with E-state index in [4.69, 9.17) is 0 Å². The van der Waals surface area contributed by atoms with Crippen LogP contribution in [0.25, 0.3) is 0 Å². The Morgan fingerprint density at radius 2 is 1.86 bits per heavy atom. The van der Waals surface area contributed by atoms with Gasteiger partial charge >= 0.3 is 0 Å². The Bertz CT molecular complexity index is 382. The fourth-order valence-corrected chi connectivity index (χ4v) is 2.14. The Kier molecular flexibility index (Phi) is 1.63. The van der Waals surface area contributed by atoms with Crippen LogP contribution in [0.4, 0.5) is 0 Å². The van der Waals surface area contributed by atoms with Gasteiger partial charge in [0.1, 0.15) is 0 Å². The molecule has 1 heterocycles. The predicted molar refractivity (Wildman–Crippen MR) is 53.7 cm³/mol. The summed E-state index contributed by atoms with van der Waals surface area (Å²) in [7, 11) is 0. The Balaban J connectivity index is 1.94. The van der Waals surface area contributed by atoms with Crippen molar-refractivity contribution in [2.75, 3.05) is 0 Å². The van der Waals surface area contributed by atoms with E-state index in [0.29, 0.717) is 18.4 Å².